The fourth-order valence-corrected chi connectivity index (χ4v) is 3.20. The predicted octanol–water partition coefficient (Wildman–Crippen LogP) is 3.51. The largest absolute Gasteiger partial charge is 0.260 e. The summed E-state index contributed by atoms with van der Waals surface area (Å²) in [4.78, 5) is 0. The third kappa shape index (κ3) is 9.32. The highest BCUT2D eigenvalue weighted by Crippen LogP contribution is 2.22. The lowest BCUT2D eigenvalue weighted by Gasteiger charge is -2.27. The smallest absolute Gasteiger partial charge is 0.212 e. The topological polar surface area (TPSA) is 37.4 Å². The van der Waals surface area contributed by atoms with Crippen LogP contribution in [0.15, 0.2) is 0 Å². The zero-order valence-electron chi connectivity index (χ0n) is 12.7. The molecule has 0 radical (unpaired) electrons. The quantitative estimate of drug-likeness (QED) is 0.688. The second kappa shape index (κ2) is 6.97. The Morgan fingerprint density at radius 3 is 1.95 bits per heavy atom. The van der Waals surface area contributed by atoms with Crippen molar-refractivity contribution in [3.63, 3.8) is 0 Å². The predicted molar refractivity (Wildman–Crippen MR) is 75.0 cm³/mol. The van der Waals surface area contributed by atoms with E-state index in [-0.39, 0.29) is 5.41 Å². The summed E-state index contributed by atoms with van der Waals surface area (Å²) < 4.78 is 51.2. The minimum absolute atomic E-state index is 0.0191. The highest BCUT2D eigenvalue weighted by atomic mass is 32.2. The molecule has 0 aliphatic rings. The maximum Gasteiger partial charge on any atom is 0.260 e. The molecule has 0 spiro atoms. The van der Waals surface area contributed by atoms with Gasteiger partial charge in [0.2, 0.25) is 10.0 Å². The van der Waals surface area contributed by atoms with Crippen LogP contribution in [0, 0.1) is 5.41 Å². The molecule has 116 valence electrons. The standard InChI is InChI=1S/C13H27F2NO2S/c1-6-7-9-16(10-8-12(2,3)4)19(17,18)11-13(5,14)15/h6-11H2,1-5H3. The van der Waals surface area contributed by atoms with E-state index in [0.29, 0.717) is 32.9 Å². The van der Waals surface area contributed by atoms with Gasteiger partial charge in [-0.3, -0.25) is 0 Å². The summed E-state index contributed by atoms with van der Waals surface area (Å²) in [7, 11) is -3.89. The summed E-state index contributed by atoms with van der Waals surface area (Å²) in [6.07, 6.45) is 2.19. The van der Waals surface area contributed by atoms with Crippen LogP contribution in [0.1, 0.15) is 53.9 Å². The van der Waals surface area contributed by atoms with Crippen LogP contribution in [0.5, 0.6) is 0 Å². The van der Waals surface area contributed by atoms with Gasteiger partial charge in [0, 0.05) is 20.0 Å². The number of hydrogen-bond donors (Lipinski definition) is 0. The van der Waals surface area contributed by atoms with Crippen molar-refractivity contribution in [1.29, 1.82) is 0 Å². The Morgan fingerprint density at radius 2 is 1.58 bits per heavy atom. The fourth-order valence-electron chi connectivity index (χ4n) is 1.60. The summed E-state index contributed by atoms with van der Waals surface area (Å²) in [6, 6.07) is 0. The minimum atomic E-state index is -3.89. The van der Waals surface area contributed by atoms with Crippen LogP contribution in [0.2, 0.25) is 0 Å². The molecule has 0 aliphatic carbocycles. The van der Waals surface area contributed by atoms with E-state index in [1.807, 2.05) is 27.7 Å². The number of sulfonamides is 1. The Kier molecular flexibility index (Phi) is 6.89. The monoisotopic (exact) mass is 299 g/mol. The molecule has 0 rings (SSSR count). The summed E-state index contributed by atoms with van der Waals surface area (Å²) in [5.74, 6) is -4.29. The first-order valence-corrected chi connectivity index (χ1v) is 8.34. The number of nitrogens with zero attached hydrogens (tertiary/aromatic N) is 1. The normalized spacial score (nSPS) is 14.1. The van der Waals surface area contributed by atoms with Gasteiger partial charge in [-0.1, -0.05) is 34.1 Å². The van der Waals surface area contributed by atoms with E-state index in [0.717, 1.165) is 6.42 Å². The highest BCUT2D eigenvalue weighted by molar-refractivity contribution is 7.89. The van der Waals surface area contributed by atoms with Gasteiger partial charge in [0.05, 0.1) is 0 Å². The van der Waals surface area contributed by atoms with Gasteiger partial charge in [-0.05, 0) is 18.3 Å². The van der Waals surface area contributed by atoms with E-state index >= 15 is 0 Å². The van der Waals surface area contributed by atoms with Gasteiger partial charge in [0.1, 0.15) is 5.75 Å². The molecule has 3 nitrogen and oxygen atoms in total. The molecule has 0 aromatic carbocycles. The van der Waals surface area contributed by atoms with Gasteiger partial charge in [-0.25, -0.2) is 21.5 Å². The van der Waals surface area contributed by atoms with E-state index in [1.165, 1.54) is 4.31 Å². The van der Waals surface area contributed by atoms with E-state index < -0.39 is 21.7 Å². The first-order chi connectivity index (χ1) is 8.37. The van der Waals surface area contributed by atoms with Crippen LogP contribution < -0.4 is 0 Å². The first kappa shape index (κ1) is 18.8. The zero-order chi connectivity index (χ0) is 15.3. The Balaban J connectivity index is 4.82. The van der Waals surface area contributed by atoms with Crippen molar-refractivity contribution < 1.29 is 17.2 Å². The summed E-state index contributed by atoms with van der Waals surface area (Å²) in [6.45, 7) is 9.24. The first-order valence-electron chi connectivity index (χ1n) is 6.73. The minimum Gasteiger partial charge on any atom is -0.212 e. The van der Waals surface area contributed by atoms with Crippen LogP contribution in [-0.4, -0.2) is 37.5 Å². The van der Waals surface area contributed by atoms with Crippen molar-refractivity contribution >= 4 is 10.0 Å². The van der Waals surface area contributed by atoms with Crippen molar-refractivity contribution in [2.24, 2.45) is 5.41 Å². The van der Waals surface area contributed by atoms with Gasteiger partial charge < -0.3 is 0 Å². The Labute approximate surface area is 116 Å². The summed E-state index contributed by atoms with van der Waals surface area (Å²) in [5, 5.41) is 0. The SMILES string of the molecule is CCCCN(CCC(C)(C)C)S(=O)(=O)CC(C)(F)F. The summed E-state index contributed by atoms with van der Waals surface area (Å²) >= 11 is 0. The van der Waals surface area contributed by atoms with Gasteiger partial charge >= 0.3 is 0 Å². The van der Waals surface area contributed by atoms with Crippen molar-refractivity contribution in [2.75, 3.05) is 18.8 Å². The van der Waals surface area contributed by atoms with E-state index in [1.54, 1.807) is 0 Å². The number of hydrogen-bond acceptors (Lipinski definition) is 2. The molecule has 0 fully saturated rings. The molecule has 0 unspecified atom stereocenters. The Hall–Kier alpha value is -0.230. The lowest BCUT2D eigenvalue weighted by Crippen LogP contribution is -2.40. The molecular formula is C13H27F2NO2S. The van der Waals surface area contributed by atoms with E-state index in [2.05, 4.69) is 0 Å². The molecule has 0 saturated heterocycles. The maximum absolute atomic E-state index is 13.0. The number of unbranched alkanes of at least 4 members (excludes halogenated alkanes) is 1. The molecule has 0 N–H and O–H groups in total. The average molecular weight is 299 g/mol. The van der Waals surface area contributed by atoms with Gasteiger partial charge in [0.15, 0.2) is 0 Å². The second-order valence-electron chi connectivity index (χ2n) is 6.39. The third-order valence-electron chi connectivity index (χ3n) is 2.70. The molecule has 0 heterocycles. The van der Waals surface area contributed by atoms with Crippen molar-refractivity contribution in [3.8, 4) is 0 Å². The molecule has 0 aromatic rings. The molecule has 0 aliphatic heterocycles. The Bertz CT molecular complexity index is 356. The average Bonchev–Trinajstić information content (AvgIpc) is 2.11. The molecule has 0 atom stereocenters. The van der Waals surface area contributed by atoms with Crippen molar-refractivity contribution in [1.82, 2.24) is 4.31 Å². The van der Waals surface area contributed by atoms with Gasteiger partial charge in [-0.2, -0.15) is 0 Å². The van der Waals surface area contributed by atoms with Crippen LogP contribution >= 0.6 is 0 Å². The van der Waals surface area contributed by atoms with Crippen LogP contribution in [0.3, 0.4) is 0 Å². The molecule has 19 heavy (non-hydrogen) atoms. The molecule has 0 bridgehead atoms. The van der Waals surface area contributed by atoms with Crippen LogP contribution in [-0.2, 0) is 10.0 Å². The fraction of sp³-hybridized carbons (Fsp3) is 1.00. The number of rotatable bonds is 8. The van der Waals surface area contributed by atoms with E-state index in [4.69, 9.17) is 0 Å². The number of halogens is 2. The van der Waals surface area contributed by atoms with Crippen LogP contribution in [0.4, 0.5) is 8.78 Å². The maximum atomic E-state index is 13.0. The third-order valence-corrected chi connectivity index (χ3v) is 4.73. The number of alkyl halides is 2. The highest BCUT2D eigenvalue weighted by Gasteiger charge is 2.34. The van der Waals surface area contributed by atoms with Crippen molar-refractivity contribution in [3.05, 3.63) is 0 Å². The summed E-state index contributed by atoms with van der Waals surface area (Å²) in [5.41, 5.74) is -0.0191. The van der Waals surface area contributed by atoms with Gasteiger partial charge in [0.25, 0.3) is 5.92 Å². The lowest BCUT2D eigenvalue weighted by atomic mass is 9.92. The molecule has 6 heteroatoms. The molecule has 0 amide bonds. The van der Waals surface area contributed by atoms with Gasteiger partial charge in [-0.15, -0.1) is 0 Å². The second-order valence-corrected chi connectivity index (χ2v) is 8.36. The Morgan fingerprint density at radius 1 is 1.05 bits per heavy atom. The zero-order valence-corrected chi connectivity index (χ0v) is 13.5. The van der Waals surface area contributed by atoms with Crippen LogP contribution in [0.25, 0.3) is 0 Å². The molecule has 0 saturated carbocycles. The van der Waals surface area contributed by atoms with Crippen molar-refractivity contribution in [2.45, 2.75) is 59.8 Å². The van der Waals surface area contributed by atoms with E-state index in [9.17, 15) is 17.2 Å². The lowest BCUT2D eigenvalue weighted by molar-refractivity contribution is 0.0460. The molecular weight excluding hydrogens is 272 g/mol. The molecule has 0 aromatic heterocycles.